The first kappa shape index (κ1) is 17.4. The smallest absolute Gasteiger partial charge is 0.274 e. The predicted molar refractivity (Wildman–Crippen MR) is 101 cm³/mol. The van der Waals surface area contributed by atoms with Crippen LogP contribution < -0.4 is 15.4 Å². The lowest BCUT2D eigenvalue weighted by molar-refractivity contribution is 0.102. The van der Waals surface area contributed by atoms with Crippen molar-refractivity contribution < 1.29 is 9.53 Å². The molecule has 0 aliphatic rings. The van der Waals surface area contributed by atoms with Crippen LogP contribution in [0.25, 0.3) is 0 Å². The molecule has 0 radical (unpaired) electrons. The fourth-order valence-electron chi connectivity index (χ4n) is 2.50. The van der Waals surface area contributed by atoms with Crippen LogP contribution >= 0.6 is 0 Å². The molecule has 0 saturated heterocycles. The van der Waals surface area contributed by atoms with Crippen LogP contribution in [0.5, 0.6) is 5.75 Å². The molecule has 1 heterocycles. The second-order valence-electron chi connectivity index (χ2n) is 5.68. The Hall–Kier alpha value is -3.41. The highest BCUT2D eigenvalue weighted by Gasteiger charge is 2.13. The van der Waals surface area contributed by atoms with Gasteiger partial charge in [-0.25, -0.2) is 9.97 Å². The zero-order valence-electron chi connectivity index (χ0n) is 14.7. The number of para-hydroxylation sites is 2. The molecule has 3 aromatic rings. The van der Waals surface area contributed by atoms with E-state index in [9.17, 15) is 4.79 Å². The number of nitrogens with zero attached hydrogens (tertiary/aromatic N) is 2. The Morgan fingerprint density at radius 3 is 2.54 bits per heavy atom. The second-order valence-corrected chi connectivity index (χ2v) is 5.68. The Balaban J connectivity index is 1.75. The average molecular weight is 348 g/mol. The van der Waals surface area contributed by atoms with E-state index in [1.165, 1.54) is 0 Å². The fraction of sp³-hybridized carbons (Fsp3) is 0.150. The molecule has 0 spiro atoms. The number of methoxy groups -OCH3 is 1. The van der Waals surface area contributed by atoms with Gasteiger partial charge in [0.1, 0.15) is 23.1 Å². The lowest BCUT2D eigenvalue weighted by Crippen LogP contribution is -2.16. The van der Waals surface area contributed by atoms with Crippen molar-refractivity contribution in [2.75, 3.05) is 17.7 Å². The minimum atomic E-state index is -0.317. The minimum Gasteiger partial charge on any atom is -0.495 e. The Morgan fingerprint density at radius 2 is 1.77 bits per heavy atom. The average Bonchev–Trinajstić information content (AvgIpc) is 2.67. The molecule has 0 unspecified atom stereocenters. The number of hydrogen-bond acceptors (Lipinski definition) is 5. The highest BCUT2D eigenvalue weighted by Crippen LogP contribution is 2.23. The van der Waals surface area contributed by atoms with Crippen molar-refractivity contribution in [2.24, 2.45) is 0 Å². The van der Waals surface area contributed by atoms with E-state index in [-0.39, 0.29) is 5.91 Å². The number of ether oxygens (including phenoxy) is 1. The summed E-state index contributed by atoms with van der Waals surface area (Å²) in [6.45, 7) is 2.37. The van der Waals surface area contributed by atoms with E-state index in [2.05, 4.69) is 20.6 Å². The molecular weight excluding hydrogens is 328 g/mol. The van der Waals surface area contributed by atoms with Gasteiger partial charge in [-0.1, -0.05) is 42.5 Å². The molecule has 0 bridgehead atoms. The third kappa shape index (κ3) is 4.36. The maximum Gasteiger partial charge on any atom is 0.274 e. The van der Waals surface area contributed by atoms with E-state index in [4.69, 9.17) is 4.74 Å². The molecular formula is C20H20N4O2. The predicted octanol–water partition coefficient (Wildman–Crippen LogP) is 3.66. The summed E-state index contributed by atoms with van der Waals surface area (Å²) < 4.78 is 5.26. The molecule has 0 aliphatic carbocycles. The summed E-state index contributed by atoms with van der Waals surface area (Å²) in [4.78, 5) is 21.2. The van der Waals surface area contributed by atoms with Gasteiger partial charge in [0, 0.05) is 12.6 Å². The van der Waals surface area contributed by atoms with Crippen molar-refractivity contribution >= 4 is 17.4 Å². The zero-order chi connectivity index (χ0) is 18.4. The first-order chi connectivity index (χ1) is 12.7. The molecule has 0 saturated carbocycles. The number of anilines is 2. The molecule has 6 nitrogen and oxygen atoms in total. The Labute approximate surface area is 152 Å². The van der Waals surface area contributed by atoms with E-state index >= 15 is 0 Å². The summed E-state index contributed by atoms with van der Waals surface area (Å²) in [6.07, 6.45) is 0. The molecule has 3 rings (SSSR count). The van der Waals surface area contributed by atoms with Gasteiger partial charge >= 0.3 is 0 Å². The molecule has 26 heavy (non-hydrogen) atoms. The molecule has 0 fully saturated rings. The maximum atomic E-state index is 12.6. The largest absolute Gasteiger partial charge is 0.495 e. The van der Waals surface area contributed by atoms with Crippen molar-refractivity contribution in [2.45, 2.75) is 13.5 Å². The molecule has 2 N–H and O–H groups in total. The van der Waals surface area contributed by atoms with Crippen molar-refractivity contribution in [3.05, 3.63) is 77.7 Å². The van der Waals surface area contributed by atoms with Gasteiger partial charge < -0.3 is 15.4 Å². The summed E-state index contributed by atoms with van der Waals surface area (Å²) in [5.41, 5.74) is 2.01. The van der Waals surface area contributed by atoms with Crippen LogP contribution in [0, 0.1) is 6.92 Å². The number of nitrogens with one attached hydrogen (secondary N) is 2. The molecule has 6 heteroatoms. The number of aryl methyl sites for hydroxylation is 1. The zero-order valence-corrected chi connectivity index (χ0v) is 14.7. The van der Waals surface area contributed by atoms with Gasteiger partial charge in [0.05, 0.1) is 12.8 Å². The van der Waals surface area contributed by atoms with Crippen molar-refractivity contribution in [1.29, 1.82) is 0 Å². The highest BCUT2D eigenvalue weighted by atomic mass is 16.5. The Bertz CT molecular complexity index is 897. The Morgan fingerprint density at radius 1 is 1.04 bits per heavy atom. The Kier molecular flexibility index (Phi) is 5.43. The maximum absolute atomic E-state index is 12.6. The summed E-state index contributed by atoms with van der Waals surface area (Å²) in [5, 5.41) is 6.05. The molecule has 2 aromatic carbocycles. The van der Waals surface area contributed by atoms with Gasteiger partial charge in [-0.3, -0.25) is 4.79 Å². The van der Waals surface area contributed by atoms with Crippen molar-refractivity contribution in [1.82, 2.24) is 9.97 Å². The van der Waals surface area contributed by atoms with E-state index < -0.39 is 0 Å². The van der Waals surface area contributed by atoms with Crippen LogP contribution in [0.1, 0.15) is 21.9 Å². The number of hydrogen-bond donors (Lipinski definition) is 2. The van der Waals surface area contributed by atoms with Crippen LogP contribution in [-0.4, -0.2) is 23.0 Å². The number of carbonyl (C=O) groups is 1. The van der Waals surface area contributed by atoms with Crippen LogP contribution in [0.3, 0.4) is 0 Å². The van der Waals surface area contributed by atoms with Crippen LogP contribution in [0.15, 0.2) is 60.7 Å². The number of rotatable bonds is 6. The van der Waals surface area contributed by atoms with Gasteiger partial charge in [0.25, 0.3) is 5.91 Å². The lowest BCUT2D eigenvalue weighted by atomic mass is 10.2. The number of carbonyl (C=O) groups excluding carboxylic acids is 1. The van der Waals surface area contributed by atoms with Gasteiger partial charge in [-0.05, 0) is 24.6 Å². The molecule has 132 valence electrons. The van der Waals surface area contributed by atoms with E-state index in [0.29, 0.717) is 35.3 Å². The molecule has 0 atom stereocenters. The first-order valence-electron chi connectivity index (χ1n) is 8.23. The summed E-state index contributed by atoms with van der Waals surface area (Å²) in [7, 11) is 1.56. The van der Waals surface area contributed by atoms with Crippen molar-refractivity contribution in [3.8, 4) is 5.75 Å². The quantitative estimate of drug-likeness (QED) is 0.711. The van der Waals surface area contributed by atoms with Crippen LogP contribution in [0.2, 0.25) is 0 Å². The standard InChI is InChI=1S/C20H20N4O2/c1-14-22-17(20(25)24-16-10-6-7-11-18(16)26-2)12-19(23-14)21-13-15-8-4-3-5-9-15/h3-12H,13H2,1-2H3,(H,24,25)(H,21,22,23). The topological polar surface area (TPSA) is 76.1 Å². The van der Waals surface area contributed by atoms with Crippen LogP contribution in [-0.2, 0) is 6.54 Å². The van der Waals surface area contributed by atoms with Crippen LogP contribution in [0.4, 0.5) is 11.5 Å². The third-order valence-corrected chi connectivity index (χ3v) is 3.74. The third-order valence-electron chi connectivity index (χ3n) is 3.74. The summed E-state index contributed by atoms with van der Waals surface area (Å²) in [5.74, 6) is 1.40. The van der Waals surface area contributed by atoms with Crippen molar-refractivity contribution in [3.63, 3.8) is 0 Å². The molecule has 0 aliphatic heterocycles. The summed E-state index contributed by atoms with van der Waals surface area (Å²) in [6, 6.07) is 18.9. The van der Waals surface area contributed by atoms with E-state index in [0.717, 1.165) is 5.56 Å². The number of benzene rings is 2. The van der Waals surface area contributed by atoms with Gasteiger partial charge in [0.2, 0.25) is 0 Å². The van der Waals surface area contributed by atoms with E-state index in [1.807, 2.05) is 42.5 Å². The second kappa shape index (κ2) is 8.11. The molecule has 1 aromatic heterocycles. The first-order valence-corrected chi connectivity index (χ1v) is 8.23. The lowest BCUT2D eigenvalue weighted by Gasteiger charge is -2.11. The van der Waals surface area contributed by atoms with Gasteiger partial charge in [-0.15, -0.1) is 0 Å². The highest BCUT2D eigenvalue weighted by molar-refractivity contribution is 6.04. The number of aromatic nitrogens is 2. The van der Waals surface area contributed by atoms with Gasteiger partial charge in [-0.2, -0.15) is 0 Å². The van der Waals surface area contributed by atoms with E-state index in [1.54, 1.807) is 32.2 Å². The number of amides is 1. The normalized spacial score (nSPS) is 10.2. The van der Waals surface area contributed by atoms with Gasteiger partial charge in [0.15, 0.2) is 0 Å². The fourth-order valence-corrected chi connectivity index (χ4v) is 2.50. The summed E-state index contributed by atoms with van der Waals surface area (Å²) >= 11 is 0. The molecule has 1 amide bonds. The minimum absolute atomic E-state index is 0.291. The monoisotopic (exact) mass is 348 g/mol. The SMILES string of the molecule is COc1ccccc1NC(=O)c1cc(NCc2ccccc2)nc(C)n1.